The topological polar surface area (TPSA) is 3.24 Å². The van der Waals surface area contributed by atoms with Crippen LogP contribution < -0.4 is 0 Å². The molecule has 1 nitrogen and oxygen atoms in total. The second-order valence-electron chi connectivity index (χ2n) is 5.54. The van der Waals surface area contributed by atoms with Gasteiger partial charge in [-0.15, -0.1) is 8.58 Å². The minimum absolute atomic E-state index is 0.336. The molecule has 0 aromatic carbocycles. The van der Waals surface area contributed by atoms with Crippen LogP contribution in [0.15, 0.2) is 0 Å². The van der Waals surface area contributed by atoms with Crippen LogP contribution in [0.25, 0.3) is 0 Å². The number of hydrogen-bond donors (Lipinski definition) is 0. The van der Waals surface area contributed by atoms with Crippen LogP contribution in [0.2, 0.25) is 0 Å². The lowest BCUT2D eigenvalue weighted by molar-refractivity contribution is 0.135. The molecule has 0 radical (unpaired) electrons. The van der Waals surface area contributed by atoms with Crippen molar-refractivity contribution in [2.24, 2.45) is 0 Å². The van der Waals surface area contributed by atoms with Gasteiger partial charge in [0.2, 0.25) is 0 Å². The quantitative estimate of drug-likeness (QED) is 0.568. The van der Waals surface area contributed by atoms with E-state index in [9.17, 15) is 0 Å². The Morgan fingerprint density at radius 1 is 0.944 bits per heavy atom. The van der Waals surface area contributed by atoms with Crippen LogP contribution >= 0.6 is 8.58 Å². The summed E-state index contributed by atoms with van der Waals surface area (Å²) < 4.78 is 0. The summed E-state index contributed by atoms with van der Waals surface area (Å²) in [6.45, 7) is 23.3. The third kappa shape index (κ3) is 11.5. The first-order valence-electron chi connectivity index (χ1n) is 7.65. The van der Waals surface area contributed by atoms with E-state index in [0.29, 0.717) is 10.7 Å². The lowest BCUT2D eigenvalue weighted by Gasteiger charge is -2.41. The monoisotopic (exact) mass is 277 g/mol. The smallest absolute Gasteiger partial charge is 0.0158 e. The Morgan fingerprint density at radius 2 is 1.33 bits per heavy atom. The molecule has 0 amide bonds. The zero-order valence-corrected chi connectivity index (χ0v) is 16.1. The molecule has 1 atom stereocenters. The van der Waals surface area contributed by atoms with Crippen LogP contribution in [0.3, 0.4) is 0 Å². The predicted octanol–water partition coefficient (Wildman–Crippen LogP) is 5.64. The van der Waals surface area contributed by atoms with Crippen LogP contribution in [0.5, 0.6) is 0 Å². The lowest BCUT2D eigenvalue weighted by atomic mass is 9.90. The highest BCUT2D eigenvalue weighted by Crippen LogP contribution is 2.37. The van der Waals surface area contributed by atoms with E-state index in [1.165, 1.54) is 19.4 Å². The second-order valence-corrected chi connectivity index (χ2v) is 7.40. The van der Waals surface area contributed by atoms with Crippen LogP contribution in [-0.2, 0) is 0 Å². The number of nitrogens with zero attached hydrogens (tertiary/aromatic N) is 1. The molecule has 0 aliphatic rings. The van der Waals surface area contributed by atoms with Crippen molar-refractivity contribution >= 4 is 8.58 Å². The second kappa shape index (κ2) is 12.4. The first kappa shape index (κ1) is 23.5. The van der Waals surface area contributed by atoms with Gasteiger partial charge in [-0.3, -0.25) is 0 Å². The average Bonchev–Trinajstić information content (AvgIpc) is 2.33. The van der Waals surface area contributed by atoms with Gasteiger partial charge >= 0.3 is 0 Å². The Labute approximate surface area is 120 Å². The molecule has 0 N–H and O–H groups in total. The Balaban J connectivity index is -0.000000506. The summed E-state index contributed by atoms with van der Waals surface area (Å²) in [6.07, 6.45) is 2.53. The zero-order valence-electron chi connectivity index (χ0n) is 15.1. The molecular weight excluding hydrogens is 237 g/mol. The van der Waals surface area contributed by atoms with Crippen molar-refractivity contribution in [2.45, 2.75) is 85.9 Å². The van der Waals surface area contributed by atoms with Crippen molar-refractivity contribution < 1.29 is 0 Å². The summed E-state index contributed by atoms with van der Waals surface area (Å²) in [6, 6.07) is 0. The fourth-order valence-corrected chi connectivity index (χ4v) is 2.55. The maximum atomic E-state index is 2.49. The van der Waals surface area contributed by atoms with E-state index in [-0.39, 0.29) is 0 Å². The standard InChI is InChI=1S/C12H28NP.2C2H6/c1-8-9-13(6)11(2,3)10-12(4,5)14-7;2*1-2/h14H,8-10H2,1-7H3;2*1-2H3. The average molecular weight is 277 g/mol. The molecule has 0 aromatic heterocycles. The van der Waals surface area contributed by atoms with E-state index in [0.717, 1.165) is 8.58 Å². The summed E-state index contributed by atoms with van der Waals surface area (Å²) in [4.78, 5) is 2.49. The summed E-state index contributed by atoms with van der Waals surface area (Å²) in [7, 11) is 3.27. The normalized spacial score (nSPS) is 12.0. The van der Waals surface area contributed by atoms with Crippen LogP contribution in [0.1, 0.15) is 75.2 Å². The highest BCUT2D eigenvalue weighted by Gasteiger charge is 2.30. The van der Waals surface area contributed by atoms with Crippen molar-refractivity contribution in [3.8, 4) is 0 Å². The van der Waals surface area contributed by atoms with E-state index >= 15 is 0 Å². The first-order valence-corrected chi connectivity index (χ1v) is 9.15. The van der Waals surface area contributed by atoms with Gasteiger partial charge in [-0.1, -0.05) is 48.5 Å². The maximum absolute atomic E-state index is 2.49. The molecule has 0 saturated heterocycles. The van der Waals surface area contributed by atoms with Gasteiger partial charge in [0.15, 0.2) is 0 Å². The maximum Gasteiger partial charge on any atom is 0.0158 e. The van der Waals surface area contributed by atoms with E-state index < -0.39 is 0 Å². The minimum Gasteiger partial charge on any atom is -0.301 e. The van der Waals surface area contributed by atoms with Crippen LogP contribution in [0, 0.1) is 0 Å². The third-order valence-corrected chi connectivity index (χ3v) is 4.67. The molecule has 1 unspecified atom stereocenters. The van der Waals surface area contributed by atoms with Crippen molar-refractivity contribution in [3.63, 3.8) is 0 Å². The highest BCUT2D eigenvalue weighted by atomic mass is 31.1. The number of hydrogen-bond acceptors (Lipinski definition) is 1. The fraction of sp³-hybridized carbons (Fsp3) is 1.00. The van der Waals surface area contributed by atoms with Crippen LogP contribution in [0.4, 0.5) is 0 Å². The third-order valence-electron chi connectivity index (χ3n) is 3.14. The molecule has 18 heavy (non-hydrogen) atoms. The van der Waals surface area contributed by atoms with Crippen molar-refractivity contribution in [1.29, 1.82) is 0 Å². The largest absolute Gasteiger partial charge is 0.301 e. The molecule has 0 aliphatic carbocycles. The van der Waals surface area contributed by atoms with Gasteiger partial charge in [0, 0.05) is 5.54 Å². The molecule has 0 heterocycles. The Kier molecular flexibility index (Phi) is 16.2. The summed E-state index contributed by atoms with van der Waals surface area (Å²) in [5.41, 5.74) is 0.336. The molecule has 0 aromatic rings. The Hall–Kier alpha value is 0.390. The van der Waals surface area contributed by atoms with Gasteiger partial charge in [-0.2, -0.15) is 0 Å². The molecule has 114 valence electrons. The molecular formula is C16H40NP. The van der Waals surface area contributed by atoms with Crippen molar-refractivity contribution in [1.82, 2.24) is 4.90 Å². The van der Waals surface area contributed by atoms with E-state index in [1.807, 2.05) is 27.7 Å². The lowest BCUT2D eigenvalue weighted by Crippen LogP contribution is -2.45. The minimum atomic E-state index is 0.336. The molecule has 2 heteroatoms. The predicted molar refractivity (Wildman–Crippen MR) is 92.6 cm³/mol. The molecule has 0 spiro atoms. The molecule has 0 bridgehead atoms. The fourth-order valence-electron chi connectivity index (χ4n) is 1.94. The summed E-state index contributed by atoms with van der Waals surface area (Å²) >= 11 is 0. The SMILES string of the molecule is CC.CC.CCCN(C)C(C)(C)CC(C)(C)PC. The highest BCUT2D eigenvalue weighted by molar-refractivity contribution is 7.38. The van der Waals surface area contributed by atoms with E-state index in [4.69, 9.17) is 0 Å². The van der Waals surface area contributed by atoms with Crippen molar-refractivity contribution in [3.05, 3.63) is 0 Å². The van der Waals surface area contributed by atoms with Gasteiger partial charge in [-0.25, -0.2) is 0 Å². The summed E-state index contributed by atoms with van der Waals surface area (Å²) in [5, 5.41) is 0.492. The number of rotatable bonds is 6. The van der Waals surface area contributed by atoms with Gasteiger partial charge in [-0.05, 0) is 52.1 Å². The van der Waals surface area contributed by atoms with Crippen LogP contribution in [-0.4, -0.2) is 35.9 Å². The van der Waals surface area contributed by atoms with E-state index in [2.05, 4.69) is 53.2 Å². The van der Waals surface area contributed by atoms with Gasteiger partial charge in [0.1, 0.15) is 0 Å². The Bertz CT molecular complexity index is 164. The van der Waals surface area contributed by atoms with Gasteiger partial charge < -0.3 is 4.90 Å². The molecule has 0 aliphatic heterocycles. The first-order chi connectivity index (χ1) is 8.25. The van der Waals surface area contributed by atoms with Crippen molar-refractivity contribution in [2.75, 3.05) is 20.3 Å². The molecule has 0 fully saturated rings. The molecule has 0 saturated carbocycles. The molecule has 0 rings (SSSR count). The summed E-state index contributed by atoms with van der Waals surface area (Å²) in [5.74, 6) is 0. The van der Waals surface area contributed by atoms with E-state index in [1.54, 1.807) is 0 Å². The Morgan fingerprint density at radius 3 is 1.61 bits per heavy atom. The van der Waals surface area contributed by atoms with Gasteiger partial charge in [0.25, 0.3) is 0 Å². The zero-order chi connectivity index (χ0) is 15.4. The van der Waals surface area contributed by atoms with Gasteiger partial charge in [0.05, 0.1) is 0 Å².